The van der Waals surface area contributed by atoms with E-state index in [9.17, 15) is 0 Å². The zero-order chi connectivity index (χ0) is 8.97. The second kappa shape index (κ2) is 4.47. The molecule has 0 spiro atoms. The molecule has 0 aromatic carbocycles. The second-order valence-corrected chi connectivity index (χ2v) is 3.63. The van der Waals surface area contributed by atoms with Crippen molar-refractivity contribution in [1.29, 1.82) is 0 Å². The molecule has 0 aliphatic carbocycles. The Morgan fingerprint density at radius 2 is 2.50 bits per heavy atom. The fourth-order valence-electron chi connectivity index (χ4n) is 0.716. The number of hydrogen-bond acceptors (Lipinski definition) is 4. The Bertz CT molecular complexity index is 235. The minimum Gasteiger partial charge on any atom is -0.327 e. The maximum Gasteiger partial charge on any atom is 0.185 e. The van der Waals surface area contributed by atoms with Crippen LogP contribution in [0.1, 0.15) is 13.3 Å². The van der Waals surface area contributed by atoms with Crippen LogP contribution in [0.4, 0.5) is 0 Å². The molecule has 0 fully saturated rings. The number of aryl methyl sites for hydroxylation is 1. The number of hydrogen-bond donors (Lipinski definition) is 1. The van der Waals surface area contributed by atoms with E-state index in [-0.39, 0.29) is 6.04 Å². The summed E-state index contributed by atoms with van der Waals surface area (Å²) in [6, 6.07) is 0.256. The van der Waals surface area contributed by atoms with Crippen molar-refractivity contribution >= 4 is 11.8 Å². The van der Waals surface area contributed by atoms with E-state index in [0.717, 1.165) is 17.3 Å². The quantitative estimate of drug-likeness (QED) is 0.701. The molecule has 1 aromatic rings. The normalized spacial score (nSPS) is 13.2. The Kier molecular flexibility index (Phi) is 3.55. The minimum absolute atomic E-state index is 0.256. The number of rotatable bonds is 4. The van der Waals surface area contributed by atoms with Crippen LogP contribution in [0.25, 0.3) is 0 Å². The molecule has 0 saturated carbocycles. The molecule has 1 aromatic heterocycles. The summed E-state index contributed by atoms with van der Waals surface area (Å²) < 4.78 is 1.76. The van der Waals surface area contributed by atoms with Crippen molar-refractivity contribution in [3.05, 3.63) is 6.33 Å². The monoisotopic (exact) mass is 186 g/mol. The summed E-state index contributed by atoms with van der Waals surface area (Å²) in [5.74, 6) is 0.906. The number of aromatic nitrogens is 3. The lowest BCUT2D eigenvalue weighted by Gasteiger charge is -2.06. The van der Waals surface area contributed by atoms with Gasteiger partial charge in [0, 0.05) is 18.8 Å². The van der Waals surface area contributed by atoms with Crippen molar-refractivity contribution in [3.8, 4) is 0 Å². The SMILES string of the molecule is CCC(N)CSc1ncnn1C. The van der Waals surface area contributed by atoms with Gasteiger partial charge in [-0.2, -0.15) is 5.10 Å². The topological polar surface area (TPSA) is 56.7 Å². The maximum atomic E-state index is 5.76. The lowest BCUT2D eigenvalue weighted by molar-refractivity contribution is 0.679. The zero-order valence-electron chi connectivity index (χ0n) is 7.40. The summed E-state index contributed by atoms with van der Waals surface area (Å²) >= 11 is 1.65. The van der Waals surface area contributed by atoms with E-state index in [2.05, 4.69) is 17.0 Å². The van der Waals surface area contributed by atoms with Crippen molar-refractivity contribution in [3.63, 3.8) is 0 Å². The first-order valence-electron chi connectivity index (χ1n) is 3.96. The van der Waals surface area contributed by atoms with Crippen LogP contribution >= 0.6 is 11.8 Å². The van der Waals surface area contributed by atoms with Gasteiger partial charge in [0.2, 0.25) is 0 Å². The fraction of sp³-hybridized carbons (Fsp3) is 0.714. The van der Waals surface area contributed by atoms with Crippen LogP contribution in [0.15, 0.2) is 11.5 Å². The molecule has 0 saturated heterocycles. The van der Waals surface area contributed by atoms with E-state index < -0.39 is 0 Å². The highest BCUT2D eigenvalue weighted by Gasteiger charge is 2.04. The van der Waals surface area contributed by atoms with Crippen LogP contribution in [0.2, 0.25) is 0 Å². The molecule has 0 radical (unpaired) electrons. The van der Waals surface area contributed by atoms with E-state index in [4.69, 9.17) is 5.73 Å². The van der Waals surface area contributed by atoms with Gasteiger partial charge in [-0.25, -0.2) is 9.67 Å². The lowest BCUT2D eigenvalue weighted by atomic mass is 10.3. The summed E-state index contributed by atoms with van der Waals surface area (Å²) in [5.41, 5.74) is 5.76. The summed E-state index contributed by atoms with van der Waals surface area (Å²) in [6.07, 6.45) is 2.56. The molecule has 0 aliphatic heterocycles. The smallest absolute Gasteiger partial charge is 0.185 e. The molecule has 0 amide bonds. The average molecular weight is 186 g/mol. The van der Waals surface area contributed by atoms with Gasteiger partial charge >= 0.3 is 0 Å². The van der Waals surface area contributed by atoms with E-state index in [1.54, 1.807) is 22.8 Å². The van der Waals surface area contributed by atoms with E-state index >= 15 is 0 Å². The highest BCUT2D eigenvalue weighted by Crippen LogP contribution is 2.14. The van der Waals surface area contributed by atoms with Crippen LogP contribution in [0, 0.1) is 0 Å². The van der Waals surface area contributed by atoms with Gasteiger partial charge < -0.3 is 5.73 Å². The largest absolute Gasteiger partial charge is 0.327 e. The number of thioether (sulfide) groups is 1. The third kappa shape index (κ3) is 2.49. The third-order valence-electron chi connectivity index (χ3n) is 1.62. The molecule has 1 atom stereocenters. The van der Waals surface area contributed by atoms with Crippen molar-refractivity contribution in [2.45, 2.75) is 24.5 Å². The van der Waals surface area contributed by atoms with Gasteiger partial charge in [-0.1, -0.05) is 18.7 Å². The first-order chi connectivity index (χ1) is 5.74. The first-order valence-corrected chi connectivity index (χ1v) is 4.95. The van der Waals surface area contributed by atoms with Crippen molar-refractivity contribution in [2.75, 3.05) is 5.75 Å². The van der Waals surface area contributed by atoms with Crippen LogP contribution in [-0.4, -0.2) is 26.6 Å². The Labute approximate surface area is 76.5 Å². The highest BCUT2D eigenvalue weighted by molar-refractivity contribution is 7.99. The van der Waals surface area contributed by atoms with Crippen molar-refractivity contribution in [2.24, 2.45) is 12.8 Å². The van der Waals surface area contributed by atoms with Crippen LogP contribution in [0.3, 0.4) is 0 Å². The van der Waals surface area contributed by atoms with Crippen molar-refractivity contribution in [1.82, 2.24) is 14.8 Å². The number of nitrogens with two attached hydrogens (primary N) is 1. The Morgan fingerprint density at radius 1 is 1.75 bits per heavy atom. The summed E-state index contributed by atoms with van der Waals surface area (Å²) in [6.45, 7) is 2.09. The van der Waals surface area contributed by atoms with Gasteiger partial charge in [-0.3, -0.25) is 0 Å². The standard InChI is InChI=1S/C7H14N4S/c1-3-6(8)4-12-7-9-5-10-11(7)2/h5-6H,3-4,8H2,1-2H3. The van der Waals surface area contributed by atoms with E-state index in [0.29, 0.717) is 0 Å². The van der Waals surface area contributed by atoms with E-state index in [1.807, 2.05) is 7.05 Å². The van der Waals surface area contributed by atoms with E-state index in [1.165, 1.54) is 0 Å². The van der Waals surface area contributed by atoms with Gasteiger partial charge in [-0.05, 0) is 6.42 Å². The van der Waals surface area contributed by atoms with Gasteiger partial charge in [0.25, 0.3) is 0 Å². The van der Waals surface area contributed by atoms with Gasteiger partial charge in [0.15, 0.2) is 5.16 Å². The first kappa shape index (κ1) is 9.54. The summed E-state index contributed by atoms with van der Waals surface area (Å²) in [5, 5.41) is 4.89. The minimum atomic E-state index is 0.256. The van der Waals surface area contributed by atoms with Gasteiger partial charge in [-0.15, -0.1) is 0 Å². The molecule has 5 heteroatoms. The Balaban J connectivity index is 2.38. The molecule has 12 heavy (non-hydrogen) atoms. The van der Waals surface area contributed by atoms with Crippen LogP contribution in [0.5, 0.6) is 0 Å². The fourth-order valence-corrected chi connectivity index (χ4v) is 1.67. The molecule has 1 unspecified atom stereocenters. The Hall–Kier alpha value is -0.550. The van der Waals surface area contributed by atoms with Crippen molar-refractivity contribution < 1.29 is 0 Å². The molecule has 0 bridgehead atoms. The molecule has 4 nitrogen and oxygen atoms in total. The Morgan fingerprint density at radius 3 is 3.00 bits per heavy atom. The maximum absolute atomic E-state index is 5.76. The predicted molar refractivity (Wildman–Crippen MR) is 50.0 cm³/mol. The molecular formula is C7H14N4S. The third-order valence-corrected chi connectivity index (χ3v) is 2.84. The average Bonchev–Trinajstić information content (AvgIpc) is 2.47. The second-order valence-electron chi connectivity index (χ2n) is 2.65. The molecule has 0 aliphatic rings. The summed E-state index contributed by atoms with van der Waals surface area (Å²) in [4.78, 5) is 4.08. The number of nitrogens with zero attached hydrogens (tertiary/aromatic N) is 3. The van der Waals surface area contributed by atoms with Crippen LogP contribution < -0.4 is 5.73 Å². The van der Waals surface area contributed by atoms with Crippen LogP contribution in [-0.2, 0) is 7.05 Å². The zero-order valence-corrected chi connectivity index (χ0v) is 8.21. The highest BCUT2D eigenvalue weighted by atomic mass is 32.2. The molecule has 1 rings (SSSR count). The van der Waals surface area contributed by atoms with Gasteiger partial charge in [0.1, 0.15) is 6.33 Å². The molecular weight excluding hydrogens is 172 g/mol. The molecule has 2 N–H and O–H groups in total. The lowest BCUT2D eigenvalue weighted by Crippen LogP contribution is -2.21. The molecule has 1 heterocycles. The van der Waals surface area contributed by atoms with Gasteiger partial charge in [0.05, 0.1) is 0 Å². The summed E-state index contributed by atoms with van der Waals surface area (Å²) in [7, 11) is 1.88. The molecule has 68 valence electrons. The predicted octanol–water partition coefficient (Wildman–Crippen LogP) is 0.644.